The largest absolute Gasteiger partial charge is 0.481 e. The van der Waals surface area contributed by atoms with Gasteiger partial charge in [-0.05, 0) is 57.8 Å². The molecule has 4 heteroatoms. The molecular formula is C18H28N2O2. The number of rotatable bonds is 7. The molecular weight excluding hydrogens is 276 g/mol. The molecule has 1 heterocycles. The summed E-state index contributed by atoms with van der Waals surface area (Å²) in [6, 6.07) is 4.37. The minimum Gasteiger partial charge on any atom is -0.481 e. The van der Waals surface area contributed by atoms with Crippen molar-refractivity contribution in [2.24, 2.45) is 0 Å². The van der Waals surface area contributed by atoms with E-state index in [0.717, 1.165) is 13.1 Å². The van der Waals surface area contributed by atoms with Gasteiger partial charge in [0.25, 0.3) is 0 Å². The Morgan fingerprint density at radius 2 is 1.73 bits per heavy atom. The van der Waals surface area contributed by atoms with Gasteiger partial charge in [0, 0.05) is 25.3 Å². The molecule has 0 spiro atoms. The van der Waals surface area contributed by atoms with Crippen molar-refractivity contribution < 1.29 is 9.90 Å². The van der Waals surface area contributed by atoms with Gasteiger partial charge in [-0.15, -0.1) is 0 Å². The Morgan fingerprint density at radius 3 is 2.27 bits per heavy atom. The molecule has 0 amide bonds. The van der Waals surface area contributed by atoms with Gasteiger partial charge in [0.1, 0.15) is 0 Å². The quantitative estimate of drug-likeness (QED) is 0.841. The number of carboxylic acid groups (broad SMARTS) is 1. The summed E-state index contributed by atoms with van der Waals surface area (Å²) in [4.78, 5) is 15.7. The fraction of sp³-hybridized carbons (Fsp3) is 0.611. The van der Waals surface area contributed by atoms with Gasteiger partial charge in [-0.25, -0.2) is 0 Å². The normalized spacial score (nSPS) is 15.2. The summed E-state index contributed by atoms with van der Waals surface area (Å²) in [7, 11) is 0. The van der Waals surface area contributed by atoms with E-state index in [1.165, 1.54) is 48.3 Å². The maximum absolute atomic E-state index is 11.0. The first-order valence-electron chi connectivity index (χ1n) is 8.24. The highest BCUT2D eigenvalue weighted by Crippen LogP contribution is 2.26. The van der Waals surface area contributed by atoms with Gasteiger partial charge in [0.15, 0.2) is 0 Å². The van der Waals surface area contributed by atoms with Crippen LogP contribution in [0.2, 0.25) is 0 Å². The van der Waals surface area contributed by atoms with E-state index in [2.05, 4.69) is 42.7 Å². The van der Waals surface area contributed by atoms with Crippen molar-refractivity contribution in [1.29, 1.82) is 0 Å². The Kier molecular flexibility index (Phi) is 5.83. The maximum Gasteiger partial charge on any atom is 0.305 e. The van der Waals surface area contributed by atoms with Crippen LogP contribution in [0.3, 0.4) is 0 Å². The molecule has 0 atom stereocenters. The highest BCUT2D eigenvalue weighted by atomic mass is 16.4. The second-order valence-corrected chi connectivity index (χ2v) is 6.43. The number of aliphatic carboxylic acids is 1. The summed E-state index contributed by atoms with van der Waals surface area (Å²) in [5, 5.41) is 9.03. The van der Waals surface area contributed by atoms with E-state index in [0.29, 0.717) is 6.54 Å². The van der Waals surface area contributed by atoms with Crippen LogP contribution >= 0.6 is 0 Å². The second kappa shape index (κ2) is 7.63. The van der Waals surface area contributed by atoms with Crippen molar-refractivity contribution in [3.05, 3.63) is 28.8 Å². The summed E-state index contributed by atoms with van der Waals surface area (Å²) in [6.45, 7) is 11.2. The number of aryl methyl sites for hydroxylation is 3. The Balaban J connectivity index is 2.13. The molecule has 0 saturated carbocycles. The highest BCUT2D eigenvalue weighted by Gasteiger charge is 2.17. The number of likely N-dealkylation sites (tertiary alicyclic amines) is 1. The summed E-state index contributed by atoms with van der Waals surface area (Å²) in [5.41, 5.74) is 4.95. The lowest BCUT2D eigenvalue weighted by Crippen LogP contribution is -2.36. The molecule has 0 bridgehead atoms. The molecule has 0 aliphatic carbocycles. The Hall–Kier alpha value is -1.55. The SMILES string of the molecule is Cc1cc(C)c(N(CCC(=O)O)CCN2CCCC2)c(C)c1. The zero-order valence-corrected chi connectivity index (χ0v) is 14.1. The first-order chi connectivity index (χ1) is 10.5. The lowest BCUT2D eigenvalue weighted by atomic mass is 10.0. The van der Waals surface area contributed by atoms with Crippen LogP contribution in [0.1, 0.15) is 36.0 Å². The molecule has 0 radical (unpaired) electrons. The Bertz CT molecular complexity index is 499. The number of benzene rings is 1. The number of anilines is 1. The summed E-state index contributed by atoms with van der Waals surface area (Å²) >= 11 is 0. The minimum absolute atomic E-state index is 0.187. The molecule has 2 rings (SSSR count). The molecule has 1 aromatic rings. The molecule has 0 aromatic heterocycles. The highest BCUT2D eigenvalue weighted by molar-refractivity contribution is 5.68. The van der Waals surface area contributed by atoms with Gasteiger partial charge >= 0.3 is 5.97 Å². The molecule has 1 fully saturated rings. The second-order valence-electron chi connectivity index (χ2n) is 6.43. The molecule has 22 heavy (non-hydrogen) atoms. The molecule has 1 aliphatic heterocycles. The lowest BCUT2D eigenvalue weighted by molar-refractivity contribution is -0.136. The summed E-state index contributed by atoms with van der Waals surface area (Å²) in [5.74, 6) is -0.728. The third kappa shape index (κ3) is 4.47. The zero-order valence-electron chi connectivity index (χ0n) is 14.1. The van der Waals surface area contributed by atoms with E-state index in [-0.39, 0.29) is 6.42 Å². The molecule has 122 valence electrons. The first kappa shape index (κ1) is 16.8. The van der Waals surface area contributed by atoms with E-state index in [9.17, 15) is 4.79 Å². The first-order valence-corrected chi connectivity index (χ1v) is 8.24. The number of carbonyl (C=O) groups is 1. The van der Waals surface area contributed by atoms with E-state index >= 15 is 0 Å². The van der Waals surface area contributed by atoms with Crippen LogP contribution in [-0.2, 0) is 4.79 Å². The number of hydrogen-bond acceptors (Lipinski definition) is 3. The number of hydrogen-bond donors (Lipinski definition) is 1. The third-order valence-corrected chi connectivity index (χ3v) is 4.43. The van der Waals surface area contributed by atoms with Crippen LogP contribution in [-0.4, -0.2) is 48.7 Å². The van der Waals surface area contributed by atoms with E-state index in [1.807, 2.05) is 0 Å². The van der Waals surface area contributed by atoms with E-state index < -0.39 is 5.97 Å². The lowest BCUT2D eigenvalue weighted by Gasteiger charge is -2.30. The van der Waals surface area contributed by atoms with Crippen molar-refractivity contribution in [3.63, 3.8) is 0 Å². The molecule has 1 saturated heterocycles. The van der Waals surface area contributed by atoms with Crippen LogP contribution in [0.4, 0.5) is 5.69 Å². The predicted molar refractivity (Wildman–Crippen MR) is 90.8 cm³/mol. The molecule has 0 unspecified atom stereocenters. The fourth-order valence-electron chi connectivity index (χ4n) is 3.51. The summed E-state index contributed by atoms with van der Waals surface area (Å²) < 4.78 is 0. The van der Waals surface area contributed by atoms with Crippen molar-refractivity contribution in [2.45, 2.75) is 40.0 Å². The number of nitrogens with zero attached hydrogens (tertiary/aromatic N) is 2. The van der Waals surface area contributed by atoms with Gasteiger partial charge in [0.2, 0.25) is 0 Å². The summed E-state index contributed by atoms with van der Waals surface area (Å²) in [6.07, 6.45) is 2.77. The number of carboxylic acids is 1. The molecule has 4 nitrogen and oxygen atoms in total. The standard InChI is InChI=1S/C18H28N2O2/c1-14-12-15(2)18(16(3)13-14)20(9-6-17(21)22)11-10-19-7-4-5-8-19/h12-13H,4-11H2,1-3H3,(H,21,22). The Morgan fingerprint density at radius 1 is 1.14 bits per heavy atom. The van der Waals surface area contributed by atoms with Crippen molar-refractivity contribution in [2.75, 3.05) is 37.6 Å². The van der Waals surface area contributed by atoms with Gasteiger partial charge < -0.3 is 14.9 Å². The van der Waals surface area contributed by atoms with Crippen LogP contribution in [0, 0.1) is 20.8 Å². The Labute approximate surface area is 133 Å². The zero-order chi connectivity index (χ0) is 16.1. The van der Waals surface area contributed by atoms with Crippen LogP contribution in [0.15, 0.2) is 12.1 Å². The van der Waals surface area contributed by atoms with Crippen molar-refractivity contribution in [1.82, 2.24) is 4.90 Å². The fourth-order valence-corrected chi connectivity index (χ4v) is 3.51. The average Bonchev–Trinajstić information content (AvgIpc) is 2.93. The van der Waals surface area contributed by atoms with Crippen LogP contribution in [0.5, 0.6) is 0 Å². The van der Waals surface area contributed by atoms with Gasteiger partial charge in [-0.2, -0.15) is 0 Å². The molecule has 1 N–H and O–H groups in total. The van der Waals surface area contributed by atoms with E-state index in [1.54, 1.807) is 0 Å². The third-order valence-electron chi connectivity index (χ3n) is 4.43. The maximum atomic E-state index is 11.0. The monoisotopic (exact) mass is 304 g/mol. The topological polar surface area (TPSA) is 43.8 Å². The van der Waals surface area contributed by atoms with E-state index in [4.69, 9.17) is 5.11 Å². The van der Waals surface area contributed by atoms with Crippen molar-refractivity contribution >= 4 is 11.7 Å². The van der Waals surface area contributed by atoms with Gasteiger partial charge in [-0.1, -0.05) is 17.7 Å². The van der Waals surface area contributed by atoms with Crippen LogP contribution in [0.25, 0.3) is 0 Å². The predicted octanol–water partition coefficient (Wildman–Crippen LogP) is 2.99. The smallest absolute Gasteiger partial charge is 0.305 e. The van der Waals surface area contributed by atoms with Crippen LogP contribution < -0.4 is 4.90 Å². The molecule has 1 aliphatic rings. The minimum atomic E-state index is -0.728. The van der Waals surface area contributed by atoms with Crippen molar-refractivity contribution in [3.8, 4) is 0 Å². The molecule has 1 aromatic carbocycles. The van der Waals surface area contributed by atoms with Gasteiger partial charge in [0.05, 0.1) is 6.42 Å². The average molecular weight is 304 g/mol. The van der Waals surface area contributed by atoms with Gasteiger partial charge in [-0.3, -0.25) is 4.79 Å².